The number of carboxylic acids is 1. The van der Waals surface area contributed by atoms with E-state index in [4.69, 9.17) is 12.2 Å². The third-order valence-corrected chi connectivity index (χ3v) is 4.56. The topological polar surface area (TPSA) is 70.5 Å². The van der Waals surface area contributed by atoms with Crippen LogP contribution in [0.4, 0.5) is 0 Å². The number of aromatic nitrogens is 1. The van der Waals surface area contributed by atoms with Crippen molar-refractivity contribution < 1.29 is 14.7 Å². The van der Waals surface area contributed by atoms with Gasteiger partial charge in [0.15, 0.2) is 0 Å². The fraction of sp³-hybridized carbons (Fsp3) is 0.333. The lowest BCUT2D eigenvalue weighted by Crippen LogP contribution is -2.43. The molecule has 0 bridgehead atoms. The summed E-state index contributed by atoms with van der Waals surface area (Å²) in [4.78, 5) is 29.6. The molecule has 1 amide bonds. The number of pyridine rings is 1. The first-order valence-electron chi connectivity index (χ1n) is 6.94. The number of carbonyl (C=O) groups excluding carboxylic acids is 1. The minimum Gasteiger partial charge on any atom is -0.480 e. The van der Waals surface area contributed by atoms with Crippen molar-refractivity contribution in [1.82, 2.24) is 9.88 Å². The summed E-state index contributed by atoms with van der Waals surface area (Å²) in [5.74, 6) is -1.37. The van der Waals surface area contributed by atoms with Gasteiger partial charge >= 0.3 is 5.97 Å². The molecule has 0 spiro atoms. The van der Waals surface area contributed by atoms with Gasteiger partial charge in [0.1, 0.15) is 10.4 Å². The molecule has 1 aliphatic heterocycles. The van der Waals surface area contributed by atoms with Gasteiger partial charge in [-0.25, -0.2) is 4.79 Å². The van der Waals surface area contributed by atoms with Gasteiger partial charge in [-0.2, -0.15) is 0 Å². The van der Waals surface area contributed by atoms with E-state index >= 15 is 0 Å². The average Bonchev–Trinajstić information content (AvgIpc) is 2.76. The van der Waals surface area contributed by atoms with E-state index in [1.165, 1.54) is 4.90 Å². The number of amides is 1. The lowest BCUT2D eigenvalue weighted by molar-refractivity contribution is -0.145. The van der Waals surface area contributed by atoms with Crippen LogP contribution in [-0.2, 0) is 9.59 Å². The average molecular weight is 336 g/mol. The quantitative estimate of drug-likeness (QED) is 0.636. The SMILES string of the molecule is CCCC[C@@H](C(=O)O)N1C(=O)/C(=C/c2cccnc2)SC1=S. The van der Waals surface area contributed by atoms with E-state index in [0.29, 0.717) is 15.6 Å². The molecular formula is C15H16N2O3S2. The van der Waals surface area contributed by atoms with E-state index < -0.39 is 12.0 Å². The fourth-order valence-electron chi connectivity index (χ4n) is 2.12. The van der Waals surface area contributed by atoms with Crippen molar-refractivity contribution in [1.29, 1.82) is 0 Å². The van der Waals surface area contributed by atoms with E-state index in [9.17, 15) is 14.7 Å². The zero-order valence-corrected chi connectivity index (χ0v) is 13.7. The molecule has 1 atom stereocenters. The number of carbonyl (C=O) groups is 2. The Hall–Kier alpha value is -1.73. The van der Waals surface area contributed by atoms with Gasteiger partial charge in [-0.3, -0.25) is 14.7 Å². The van der Waals surface area contributed by atoms with Crippen molar-refractivity contribution in [3.8, 4) is 0 Å². The molecule has 1 fully saturated rings. The van der Waals surface area contributed by atoms with Gasteiger partial charge < -0.3 is 5.11 Å². The van der Waals surface area contributed by atoms with Crippen LogP contribution in [0.2, 0.25) is 0 Å². The van der Waals surface area contributed by atoms with Crippen molar-refractivity contribution >= 4 is 46.3 Å². The molecule has 0 aliphatic carbocycles. The summed E-state index contributed by atoms with van der Waals surface area (Å²) >= 11 is 6.34. The van der Waals surface area contributed by atoms with Crippen LogP contribution >= 0.6 is 24.0 Å². The predicted octanol–water partition coefficient (Wildman–Crippen LogP) is 2.93. The minimum atomic E-state index is -1.02. The molecule has 1 saturated heterocycles. The number of unbranched alkanes of at least 4 members (excludes halogenated alkanes) is 1. The monoisotopic (exact) mass is 336 g/mol. The van der Waals surface area contributed by atoms with Gasteiger partial charge in [-0.05, 0) is 24.1 Å². The Morgan fingerprint density at radius 3 is 2.95 bits per heavy atom. The predicted molar refractivity (Wildman–Crippen MR) is 90.2 cm³/mol. The third-order valence-electron chi connectivity index (χ3n) is 3.23. The highest BCUT2D eigenvalue weighted by Gasteiger charge is 2.40. The van der Waals surface area contributed by atoms with Crippen LogP contribution in [0, 0.1) is 0 Å². The molecule has 0 radical (unpaired) electrons. The highest BCUT2D eigenvalue weighted by Crippen LogP contribution is 2.34. The fourth-order valence-corrected chi connectivity index (χ4v) is 3.48. The maximum Gasteiger partial charge on any atom is 0.326 e. The lowest BCUT2D eigenvalue weighted by atomic mass is 10.1. The van der Waals surface area contributed by atoms with Crippen molar-refractivity contribution in [3.63, 3.8) is 0 Å². The first kappa shape index (κ1) is 16.6. The molecule has 22 heavy (non-hydrogen) atoms. The smallest absolute Gasteiger partial charge is 0.326 e. The number of rotatable bonds is 6. The van der Waals surface area contributed by atoms with Crippen molar-refractivity contribution in [2.24, 2.45) is 0 Å². The van der Waals surface area contributed by atoms with Crippen LogP contribution in [0.1, 0.15) is 31.7 Å². The van der Waals surface area contributed by atoms with Crippen molar-refractivity contribution in [3.05, 3.63) is 35.0 Å². The molecule has 0 unspecified atom stereocenters. The second-order valence-corrected chi connectivity index (χ2v) is 6.51. The number of thioether (sulfide) groups is 1. The van der Waals surface area contributed by atoms with E-state index in [1.807, 2.05) is 13.0 Å². The number of carboxylic acid groups (broad SMARTS) is 1. The van der Waals surface area contributed by atoms with E-state index in [0.717, 1.165) is 30.2 Å². The van der Waals surface area contributed by atoms with Gasteiger partial charge in [0.05, 0.1) is 4.91 Å². The molecule has 116 valence electrons. The lowest BCUT2D eigenvalue weighted by Gasteiger charge is -2.22. The number of nitrogens with zero attached hydrogens (tertiary/aromatic N) is 2. The summed E-state index contributed by atoms with van der Waals surface area (Å²) in [5.41, 5.74) is 0.781. The Balaban J connectivity index is 2.24. The third kappa shape index (κ3) is 3.72. The maximum absolute atomic E-state index is 12.5. The number of aliphatic carboxylic acids is 1. The summed E-state index contributed by atoms with van der Waals surface area (Å²) in [5, 5.41) is 9.38. The molecule has 5 nitrogen and oxygen atoms in total. The summed E-state index contributed by atoms with van der Waals surface area (Å²) in [6.45, 7) is 1.98. The molecule has 7 heteroatoms. The van der Waals surface area contributed by atoms with Gasteiger partial charge in [-0.15, -0.1) is 0 Å². The molecule has 0 aromatic carbocycles. The summed E-state index contributed by atoms with van der Waals surface area (Å²) in [7, 11) is 0. The highest BCUT2D eigenvalue weighted by atomic mass is 32.2. The molecule has 1 N–H and O–H groups in total. The maximum atomic E-state index is 12.5. The molecule has 1 aliphatic rings. The van der Waals surface area contributed by atoms with Gasteiger partial charge in [0.25, 0.3) is 5.91 Å². The summed E-state index contributed by atoms with van der Waals surface area (Å²) in [6.07, 6.45) is 6.97. The van der Waals surface area contributed by atoms with E-state index in [2.05, 4.69) is 4.98 Å². The van der Waals surface area contributed by atoms with Crippen molar-refractivity contribution in [2.45, 2.75) is 32.2 Å². The normalized spacial score (nSPS) is 18.0. The highest BCUT2D eigenvalue weighted by molar-refractivity contribution is 8.26. The van der Waals surface area contributed by atoms with Crippen LogP contribution in [0.3, 0.4) is 0 Å². The first-order valence-corrected chi connectivity index (χ1v) is 8.17. The number of hydrogen-bond donors (Lipinski definition) is 1. The zero-order valence-electron chi connectivity index (χ0n) is 12.1. The van der Waals surface area contributed by atoms with Gasteiger partial charge in [-0.1, -0.05) is 49.8 Å². The van der Waals surface area contributed by atoms with Crippen LogP contribution in [0.15, 0.2) is 29.4 Å². The van der Waals surface area contributed by atoms with Crippen LogP contribution in [-0.4, -0.2) is 37.2 Å². The number of thiocarbonyl (C=S) groups is 1. The molecule has 0 saturated carbocycles. The van der Waals surface area contributed by atoms with E-state index in [-0.39, 0.29) is 5.91 Å². The van der Waals surface area contributed by atoms with Crippen LogP contribution in [0.5, 0.6) is 0 Å². The Morgan fingerprint density at radius 1 is 1.59 bits per heavy atom. The minimum absolute atomic E-state index is 0.295. The Morgan fingerprint density at radius 2 is 2.36 bits per heavy atom. The van der Waals surface area contributed by atoms with Crippen molar-refractivity contribution in [2.75, 3.05) is 0 Å². The summed E-state index contributed by atoms with van der Waals surface area (Å²) < 4.78 is 0.295. The van der Waals surface area contributed by atoms with Gasteiger partial charge in [0.2, 0.25) is 0 Å². The zero-order chi connectivity index (χ0) is 16.1. The molecule has 1 aromatic heterocycles. The standard InChI is InChI=1S/C15H16N2O3S2/c1-2-3-6-11(14(19)20)17-13(18)12(22-15(17)21)8-10-5-4-7-16-9-10/h4-5,7-9,11H,2-3,6H2,1H3,(H,19,20)/b12-8-/t11-/m0/s1. The van der Waals surface area contributed by atoms with E-state index in [1.54, 1.807) is 24.5 Å². The van der Waals surface area contributed by atoms with Gasteiger partial charge in [0, 0.05) is 12.4 Å². The second-order valence-electron chi connectivity index (χ2n) is 4.83. The summed E-state index contributed by atoms with van der Waals surface area (Å²) in [6, 6.07) is 2.70. The number of hydrogen-bond acceptors (Lipinski definition) is 5. The Labute approximate surface area is 138 Å². The molecule has 2 heterocycles. The van der Waals surface area contributed by atoms with Crippen LogP contribution in [0.25, 0.3) is 6.08 Å². The largest absolute Gasteiger partial charge is 0.480 e. The van der Waals surface area contributed by atoms with Crippen LogP contribution < -0.4 is 0 Å². The molecule has 1 aromatic rings. The molecular weight excluding hydrogens is 320 g/mol. The Bertz CT molecular complexity index is 616. The second kappa shape index (κ2) is 7.51. The Kier molecular flexibility index (Phi) is 5.68. The molecule has 2 rings (SSSR count). The first-order chi connectivity index (χ1) is 10.5.